The van der Waals surface area contributed by atoms with Gasteiger partial charge in [0.1, 0.15) is 5.92 Å². The molecule has 7 heteroatoms. The molecule has 2 N–H and O–H groups in total. The summed E-state index contributed by atoms with van der Waals surface area (Å²) in [5, 5.41) is 4.23. The molecule has 0 saturated carbocycles. The highest BCUT2D eigenvalue weighted by molar-refractivity contribution is 7.80. The van der Waals surface area contributed by atoms with Crippen molar-refractivity contribution in [3.63, 3.8) is 0 Å². The molecule has 0 aliphatic carbocycles. The Hall–Kier alpha value is -2.15. The Morgan fingerprint density at radius 2 is 1.95 bits per heavy atom. The number of ether oxygens (including phenoxy) is 1. The van der Waals surface area contributed by atoms with Gasteiger partial charge in [-0.2, -0.15) is 0 Å². The summed E-state index contributed by atoms with van der Waals surface area (Å²) in [6.45, 7) is 3.42. The van der Waals surface area contributed by atoms with Crippen molar-refractivity contribution in [2.45, 2.75) is 13.8 Å². The first-order valence-electron chi connectivity index (χ1n) is 6.55. The van der Waals surface area contributed by atoms with Gasteiger partial charge in [0.25, 0.3) is 5.91 Å². The molecule has 0 aromatic heterocycles. The smallest absolute Gasteiger partial charge is 0.318 e. The lowest BCUT2D eigenvalue weighted by molar-refractivity contribution is -0.150. The van der Waals surface area contributed by atoms with Crippen molar-refractivity contribution < 1.29 is 14.3 Å². The van der Waals surface area contributed by atoms with Crippen LogP contribution in [-0.2, 0) is 14.3 Å². The van der Waals surface area contributed by atoms with E-state index in [1.54, 1.807) is 38.2 Å². The molecular formula is C14H19N3O3S. The fourth-order valence-corrected chi connectivity index (χ4v) is 1.63. The third-order valence-electron chi connectivity index (χ3n) is 2.69. The summed E-state index contributed by atoms with van der Waals surface area (Å²) in [4.78, 5) is 24.2. The molecule has 0 fully saturated rings. The maximum atomic E-state index is 12.5. The van der Waals surface area contributed by atoms with Gasteiger partial charge in [0.15, 0.2) is 5.11 Å². The van der Waals surface area contributed by atoms with Crippen LogP contribution < -0.4 is 15.8 Å². The number of thiocarbonyl (C=S) groups is 1. The van der Waals surface area contributed by atoms with Crippen LogP contribution in [0.5, 0.6) is 0 Å². The van der Waals surface area contributed by atoms with Crippen LogP contribution in [0, 0.1) is 5.92 Å². The van der Waals surface area contributed by atoms with Gasteiger partial charge in [-0.15, -0.1) is 0 Å². The van der Waals surface area contributed by atoms with Gasteiger partial charge in [0.05, 0.1) is 12.3 Å². The number of benzene rings is 1. The molecule has 114 valence electrons. The van der Waals surface area contributed by atoms with E-state index in [4.69, 9.17) is 17.0 Å². The molecule has 1 atom stereocenters. The molecule has 1 amide bonds. The van der Waals surface area contributed by atoms with Gasteiger partial charge >= 0.3 is 5.97 Å². The molecule has 1 unspecified atom stereocenters. The van der Waals surface area contributed by atoms with Crippen molar-refractivity contribution in [2.75, 3.05) is 18.7 Å². The highest BCUT2D eigenvalue weighted by Crippen LogP contribution is 2.15. The highest BCUT2D eigenvalue weighted by Gasteiger charge is 2.29. The monoisotopic (exact) mass is 309 g/mol. The molecular weight excluding hydrogens is 290 g/mol. The minimum absolute atomic E-state index is 0.226. The molecule has 21 heavy (non-hydrogen) atoms. The first-order chi connectivity index (χ1) is 10.0. The van der Waals surface area contributed by atoms with E-state index in [1.165, 1.54) is 11.9 Å². The maximum absolute atomic E-state index is 12.5. The Kier molecular flexibility index (Phi) is 6.61. The van der Waals surface area contributed by atoms with E-state index in [1.807, 2.05) is 6.07 Å². The number of hydrogen-bond donors (Lipinski definition) is 2. The van der Waals surface area contributed by atoms with Crippen molar-refractivity contribution in [3.8, 4) is 0 Å². The number of anilines is 1. The van der Waals surface area contributed by atoms with E-state index in [9.17, 15) is 9.59 Å². The number of amides is 1. The first-order valence-corrected chi connectivity index (χ1v) is 6.96. The normalized spacial score (nSPS) is 11.2. The van der Waals surface area contributed by atoms with Crippen molar-refractivity contribution in [2.24, 2.45) is 5.92 Å². The van der Waals surface area contributed by atoms with Crippen molar-refractivity contribution in [3.05, 3.63) is 30.3 Å². The lowest BCUT2D eigenvalue weighted by Gasteiger charge is -2.26. The topological polar surface area (TPSA) is 70.7 Å². The average molecular weight is 309 g/mol. The zero-order valence-electron chi connectivity index (χ0n) is 12.3. The van der Waals surface area contributed by atoms with Crippen LogP contribution in [0.1, 0.15) is 13.8 Å². The third-order valence-corrected chi connectivity index (χ3v) is 2.98. The number of hydrazine groups is 1. The quantitative estimate of drug-likeness (QED) is 0.377. The van der Waals surface area contributed by atoms with Crippen LogP contribution in [0.2, 0.25) is 0 Å². The molecule has 0 spiro atoms. The van der Waals surface area contributed by atoms with Gasteiger partial charge in [-0.05, 0) is 38.2 Å². The van der Waals surface area contributed by atoms with Crippen LogP contribution in [0.3, 0.4) is 0 Å². The number of nitrogens with one attached hydrogen (secondary N) is 2. The van der Waals surface area contributed by atoms with Crippen LogP contribution in [0.25, 0.3) is 0 Å². The number of para-hydroxylation sites is 1. The van der Waals surface area contributed by atoms with Crippen LogP contribution in [0.15, 0.2) is 30.3 Å². The fraction of sp³-hybridized carbons (Fsp3) is 0.357. The summed E-state index contributed by atoms with van der Waals surface area (Å²) in [5.74, 6) is -1.95. The fourth-order valence-electron chi connectivity index (χ4n) is 1.54. The summed E-state index contributed by atoms with van der Waals surface area (Å²) in [6, 6.07) is 8.88. The number of hydrogen-bond acceptors (Lipinski definition) is 4. The molecule has 1 aromatic carbocycles. The summed E-state index contributed by atoms with van der Waals surface area (Å²) < 4.78 is 4.88. The number of carbonyl (C=O) groups excluding carboxylic acids is 2. The zero-order chi connectivity index (χ0) is 15.8. The lowest BCUT2D eigenvalue weighted by Crippen LogP contribution is -2.52. The number of carbonyl (C=O) groups is 2. The Labute approximate surface area is 129 Å². The second kappa shape index (κ2) is 8.21. The van der Waals surface area contributed by atoms with Crippen molar-refractivity contribution in [1.29, 1.82) is 0 Å². The van der Waals surface area contributed by atoms with E-state index < -0.39 is 17.8 Å². The molecule has 0 heterocycles. The van der Waals surface area contributed by atoms with E-state index in [-0.39, 0.29) is 11.7 Å². The third kappa shape index (κ3) is 4.71. The number of nitrogens with zero attached hydrogens (tertiary/aromatic N) is 1. The lowest BCUT2D eigenvalue weighted by atomic mass is 10.1. The Balaban J connectivity index is 2.98. The predicted octanol–water partition coefficient (Wildman–Crippen LogP) is 1.23. The van der Waals surface area contributed by atoms with Crippen LogP contribution >= 0.6 is 12.2 Å². The van der Waals surface area contributed by atoms with E-state index in [2.05, 4.69) is 10.7 Å². The summed E-state index contributed by atoms with van der Waals surface area (Å²) >= 11 is 5.02. The van der Waals surface area contributed by atoms with Gasteiger partial charge in [0, 0.05) is 7.05 Å². The van der Waals surface area contributed by atoms with E-state index in [0.717, 1.165) is 0 Å². The second-order valence-electron chi connectivity index (χ2n) is 4.17. The minimum atomic E-state index is -0.933. The molecule has 0 aliphatic heterocycles. The second-order valence-corrected chi connectivity index (χ2v) is 4.58. The van der Waals surface area contributed by atoms with Gasteiger partial charge in [-0.1, -0.05) is 18.2 Å². The van der Waals surface area contributed by atoms with Crippen LogP contribution in [0.4, 0.5) is 5.69 Å². The Bertz CT molecular complexity index is 507. The van der Waals surface area contributed by atoms with Crippen molar-refractivity contribution in [1.82, 2.24) is 10.7 Å². The summed E-state index contributed by atoms with van der Waals surface area (Å²) in [5.41, 5.74) is 3.34. The SMILES string of the molecule is CCOC(=O)C(C)C(=O)N(NC(=S)NC)c1ccccc1. The summed E-state index contributed by atoms with van der Waals surface area (Å²) in [7, 11) is 1.64. The van der Waals surface area contributed by atoms with Gasteiger partial charge in [-0.3, -0.25) is 15.0 Å². The van der Waals surface area contributed by atoms with Gasteiger partial charge in [-0.25, -0.2) is 5.01 Å². The molecule has 0 radical (unpaired) electrons. The largest absolute Gasteiger partial charge is 0.465 e. The summed E-state index contributed by atoms with van der Waals surface area (Å²) in [6.07, 6.45) is 0. The van der Waals surface area contributed by atoms with Crippen molar-refractivity contribution >= 4 is 34.9 Å². The van der Waals surface area contributed by atoms with Crippen LogP contribution in [-0.4, -0.2) is 30.6 Å². The zero-order valence-corrected chi connectivity index (χ0v) is 13.1. The van der Waals surface area contributed by atoms with E-state index >= 15 is 0 Å². The molecule has 0 saturated heterocycles. The average Bonchev–Trinajstić information content (AvgIpc) is 2.51. The van der Waals surface area contributed by atoms with Gasteiger partial charge in [0.2, 0.25) is 0 Å². The van der Waals surface area contributed by atoms with E-state index in [0.29, 0.717) is 5.69 Å². The first kappa shape index (κ1) is 16.9. The van der Waals surface area contributed by atoms with Gasteiger partial charge < -0.3 is 10.1 Å². The molecule has 0 bridgehead atoms. The maximum Gasteiger partial charge on any atom is 0.318 e. The number of rotatable bonds is 4. The molecule has 0 aliphatic rings. The molecule has 6 nitrogen and oxygen atoms in total. The Morgan fingerprint density at radius 3 is 2.48 bits per heavy atom. The predicted molar refractivity (Wildman–Crippen MR) is 84.5 cm³/mol. The standard InChI is InChI=1S/C14H19N3O3S/c1-4-20-13(19)10(2)12(18)17(16-14(21)15-3)11-8-6-5-7-9-11/h5-10H,4H2,1-3H3,(H2,15,16,21). The molecule has 1 aromatic rings. The minimum Gasteiger partial charge on any atom is -0.465 e. The highest BCUT2D eigenvalue weighted by atomic mass is 32.1. The molecule has 1 rings (SSSR count). The number of esters is 1. The Morgan fingerprint density at radius 1 is 1.33 bits per heavy atom.